The molecule has 3 aromatic rings. The average Bonchev–Trinajstić information content (AvgIpc) is 3.12. The highest BCUT2D eigenvalue weighted by molar-refractivity contribution is 8.08. The molecule has 0 amide bonds. The lowest BCUT2D eigenvalue weighted by Crippen LogP contribution is -2.33. The smallest absolute Gasteiger partial charge is 0.146 e. The Bertz CT molecular complexity index is 1140. The lowest BCUT2D eigenvalue weighted by atomic mass is 10.2. The highest BCUT2D eigenvalue weighted by atomic mass is 32.2. The van der Waals surface area contributed by atoms with Crippen LogP contribution in [0, 0.1) is 12.3 Å². The van der Waals surface area contributed by atoms with E-state index in [0.717, 1.165) is 26.5 Å². The maximum absolute atomic E-state index is 8.71. The number of aromatic nitrogens is 2. The number of nitrogens with zero attached hydrogens (tertiary/aromatic N) is 3. The third-order valence-electron chi connectivity index (χ3n) is 4.41. The van der Waals surface area contributed by atoms with Crippen LogP contribution >= 0.6 is 23.1 Å². The summed E-state index contributed by atoms with van der Waals surface area (Å²) in [5.74, 6) is 0. The molecule has 0 bridgehead atoms. The molecule has 26 heavy (non-hydrogen) atoms. The topological polar surface area (TPSA) is 44.9 Å². The van der Waals surface area contributed by atoms with Gasteiger partial charge < -0.3 is 9.47 Å². The second-order valence-corrected chi connectivity index (χ2v) is 8.26. The number of nitrogens with one attached hydrogen (secondary N) is 1. The summed E-state index contributed by atoms with van der Waals surface area (Å²) in [6.07, 6.45) is 3.86. The molecule has 1 aliphatic heterocycles. The Labute approximate surface area is 160 Å². The summed E-state index contributed by atoms with van der Waals surface area (Å²) in [7, 11) is 2.09. The van der Waals surface area contributed by atoms with E-state index in [0.29, 0.717) is 5.49 Å². The molecule has 0 unspecified atom stereocenters. The number of benzene rings is 1. The fourth-order valence-corrected chi connectivity index (χ4v) is 5.52. The van der Waals surface area contributed by atoms with E-state index in [9.17, 15) is 0 Å². The van der Waals surface area contributed by atoms with Gasteiger partial charge in [-0.05, 0) is 49.8 Å². The van der Waals surface area contributed by atoms with Crippen LogP contribution in [0.1, 0.15) is 18.2 Å². The number of thioether (sulfide) groups is 1. The van der Waals surface area contributed by atoms with Gasteiger partial charge in [0, 0.05) is 24.7 Å². The summed E-state index contributed by atoms with van der Waals surface area (Å²) in [5, 5.41) is 9.84. The Morgan fingerprint density at radius 3 is 2.81 bits per heavy atom. The number of thiazole rings is 1. The largest absolute Gasteiger partial charge is 0.337 e. The highest BCUT2D eigenvalue weighted by Crippen LogP contribution is 2.45. The van der Waals surface area contributed by atoms with Crippen LogP contribution in [-0.2, 0) is 6.54 Å². The van der Waals surface area contributed by atoms with Gasteiger partial charge in [0.15, 0.2) is 0 Å². The predicted molar refractivity (Wildman–Crippen MR) is 110 cm³/mol. The summed E-state index contributed by atoms with van der Waals surface area (Å²) in [6.45, 7) is 4.96. The van der Waals surface area contributed by atoms with Crippen LogP contribution in [0.25, 0.3) is 11.1 Å². The number of aryl methyl sites for hydroxylation is 1. The van der Waals surface area contributed by atoms with Gasteiger partial charge in [-0.1, -0.05) is 23.9 Å². The van der Waals surface area contributed by atoms with E-state index in [1.165, 1.54) is 16.1 Å². The normalized spacial score (nSPS) is 16.3. The van der Waals surface area contributed by atoms with Gasteiger partial charge in [0.25, 0.3) is 0 Å². The molecule has 0 spiro atoms. The summed E-state index contributed by atoms with van der Waals surface area (Å²) in [6, 6.07) is 12.4. The molecule has 1 N–H and O–H groups in total. The van der Waals surface area contributed by atoms with Crippen LogP contribution in [0.4, 0.5) is 5.69 Å². The zero-order valence-corrected chi connectivity index (χ0v) is 16.6. The summed E-state index contributed by atoms with van der Waals surface area (Å²) in [5.41, 5.74) is 3.95. The third kappa shape index (κ3) is 2.89. The quantitative estimate of drug-likeness (QED) is 0.744. The second kappa shape index (κ2) is 6.78. The van der Waals surface area contributed by atoms with Gasteiger partial charge in [-0.3, -0.25) is 10.4 Å². The van der Waals surface area contributed by atoms with Crippen molar-refractivity contribution in [2.24, 2.45) is 0 Å². The average molecular weight is 381 g/mol. The fraction of sp³-hybridized carbons (Fsp3) is 0.200. The van der Waals surface area contributed by atoms with Gasteiger partial charge in [-0.25, -0.2) is 0 Å². The van der Waals surface area contributed by atoms with Gasteiger partial charge >= 0.3 is 0 Å². The van der Waals surface area contributed by atoms with Crippen molar-refractivity contribution in [1.29, 1.82) is 5.41 Å². The number of fused-ring (bicyclic) bond motifs is 1. The van der Waals surface area contributed by atoms with Crippen LogP contribution in [0.3, 0.4) is 0 Å². The molecule has 0 atom stereocenters. The molecule has 0 aliphatic carbocycles. The monoisotopic (exact) mass is 380 g/mol. The number of hydrogen-bond donors (Lipinski definition) is 1. The van der Waals surface area contributed by atoms with Gasteiger partial charge in [-0.2, -0.15) is 0 Å². The predicted octanol–water partition coefficient (Wildman–Crippen LogP) is 2.89. The Hall–Kier alpha value is -2.31. The van der Waals surface area contributed by atoms with E-state index in [4.69, 9.17) is 5.41 Å². The Balaban J connectivity index is 1.93. The van der Waals surface area contributed by atoms with Gasteiger partial charge in [0.2, 0.25) is 0 Å². The van der Waals surface area contributed by atoms with Crippen LogP contribution in [0.2, 0.25) is 0 Å². The molecular weight excluding hydrogens is 360 g/mol. The van der Waals surface area contributed by atoms with E-state index >= 15 is 0 Å². The van der Waals surface area contributed by atoms with Crippen LogP contribution in [-0.4, -0.2) is 16.6 Å². The van der Waals surface area contributed by atoms with Crippen LogP contribution in [0.5, 0.6) is 0 Å². The van der Waals surface area contributed by atoms with E-state index < -0.39 is 0 Å². The molecule has 6 heteroatoms. The first-order valence-electron chi connectivity index (χ1n) is 8.52. The van der Waals surface area contributed by atoms with Crippen molar-refractivity contribution in [3.05, 3.63) is 68.5 Å². The fourth-order valence-electron chi connectivity index (χ4n) is 3.05. The molecule has 4 rings (SSSR count). The van der Waals surface area contributed by atoms with Crippen molar-refractivity contribution in [3.8, 4) is 0 Å². The van der Waals surface area contributed by atoms with E-state index in [-0.39, 0.29) is 0 Å². The van der Waals surface area contributed by atoms with Crippen molar-refractivity contribution in [1.82, 2.24) is 9.55 Å². The number of hydrogen-bond acceptors (Lipinski definition) is 5. The van der Waals surface area contributed by atoms with Crippen molar-refractivity contribution in [2.75, 3.05) is 11.9 Å². The van der Waals surface area contributed by atoms with Crippen LogP contribution in [0.15, 0.2) is 47.5 Å². The number of pyridine rings is 1. The molecule has 1 aliphatic rings. The number of anilines is 1. The first-order valence-corrected chi connectivity index (χ1v) is 10.2. The zero-order valence-electron chi connectivity index (χ0n) is 15.0. The van der Waals surface area contributed by atoms with Crippen molar-refractivity contribution >= 4 is 39.9 Å². The Kier molecular flexibility index (Phi) is 4.46. The van der Waals surface area contributed by atoms with E-state index in [2.05, 4.69) is 55.1 Å². The molecular formula is C20H20N4S2. The Morgan fingerprint density at radius 2 is 2.08 bits per heavy atom. The van der Waals surface area contributed by atoms with Crippen molar-refractivity contribution in [2.45, 2.75) is 25.3 Å². The lowest BCUT2D eigenvalue weighted by Gasteiger charge is -2.13. The zero-order chi connectivity index (χ0) is 18.3. The first kappa shape index (κ1) is 17.1. The lowest BCUT2D eigenvalue weighted by molar-refractivity contribution is 0.698. The molecule has 1 aromatic carbocycles. The first-order chi connectivity index (χ1) is 12.6. The molecule has 132 valence electrons. The molecule has 4 nitrogen and oxygen atoms in total. The summed E-state index contributed by atoms with van der Waals surface area (Å²) in [4.78, 5) is 7.86. The minimum Gasteiger partial charge on any atom is -0.337 e. The highest BCUT2D eigenvalue weighted by Gasteiger charge is 2.24. The molecule has 0 radical (unpaired) electrons. The van der Waals surface area contributed by atoms with E-state index in [1.54, 1.807) is 29.3 Å². The standard InChI is InChI=1S/C20H20N4S2/c1-4-24-17(12-14-7-5-6-10-22-14)26-18(19(24)21)20-23(3)15-11-13(2)8-9-16(15)25-20/h5-12,21H,4H2,1-3H3. The molecule has 0 fully saturated rings. The minimum atomic E-state index is 0.568. The summed E-state index contributed by atoms with van der Waals surface area (Å²) < 4.78 is 4.11. The van der Waals surface area contributed by atoms with Crippen LogP contribution < -0.4 is 19.6 Å². The van der Waals surface area contributed by atoms with Gasteiger partial charge in [0.05, 0.1) is 16.0 Å². The van der Waals surface area contributed by atoms with E-state index in [1.807, 2.05) is 22.8 Å². The molecule has 0 saturated carbocycles. The van der Waals surface area contributed by atoms with Crippen molar-refractivity contribution in [3.63, 3.8) is 0 Å². The second-order valence-electron chi connectivity index (χ2n) is 6.20. The van der Waals surface area contributed by atoms with Crippen molar-refractivity contribution < 1.29 is 0 Å². The maximum atomic E-state index is 8.71. The van der Waals surface area contributed by atoms with Gasteiger partial charge in [-0.15, -0.1) is 11.3 Å². The molecule has 2 aromatic heterocycles. The SMILES string of the molecule is CCn1c(=Cc2ccccn2)sc(=C2Sc3ccc(C)cc3N2C)c1=N. The minimum absolute atomic E-state index is 0.568. The molecule has 0 saturated heterocycles. The molecule has 3 heterocycles. The third-order valence-corrected chi connectivity index (χ3v) is 6.92. The Morgan fingerprint density at radius 1 is 1.23 bits per heavy atom. The maximum Gasteiger partial charge on any atom is 0.146 e. The summed E-state index contributed by atoms with van der Waals surface area (Å²) >= 11 is 3.41. The number of rotatable bonds is 2. The van der Waals surface area contributed by atoms with Gasteiger partial charge in [0.1, 0.15) is 15.0 Å².